The first-order valence-electron chi connectivity index (χ1n) is 6.98. The van der Waals surface area contributed by atoms with Crippen LogP contribution in [0.3, 0.4) is 0 Å². The van der Waals surface area contributed by atoms with Crippen LogP contribution in [-0.2, 0) is 9.09 Å². The van der Waals surface area contributed by atoms with E-state index in [0.717, 1.165) is 38.5 Å². The van der Waals surface area contributed by atoms with Crippen molar-refractivity contribution in [1.29, 1.82) is 0 Å². The maximum absolute atomic E-state index is 10.4. The summed E-state index contributed by atoms with van der Waals surface area (Å²) in [5.41, 5.74) is 0. The van der Waals surface area contributed by atoms with Gasteiger partial charge in [0, 0.05) is 6.61 Å². The minimum Gasteiger partial charge on any atom is -0.396 e. The zero-order chi connectivity index (χ0) is 14.6. The third-order valence-electron chi connectivity index (χ3n) is 2.87. The lowest BCUT2D eigenvalue weighted by atomic mass is 10.1. The van der Waals surface area contributed by atoms with Gasteiger partial charge in [-0.25, -0.2) is 4.57 Å². The lowest BCUT2D eigenvalue weighted by Crippen LogP contribution is -2.09. The van der Waals surface area contributed by atoms with Gasteiger partial charge < -0.3 is 20.0 Å². The molecule has 6 nitrogen and oxygen atoms in total. The molecule has 0 aliphatic carbocycles. The summed E-state index contributed by atoms with van der Waals surface area (Å²) in [5, 5.41) is 17.8. The van der Waals surface area contributed by atoms with Crippen LogP contribution in [0.15, 0.2) is 0 Å². The molecule has 0 saturated carbocycles. The van der Waals surface area contributed by atoms with Gasteiger partial charge in [-0.05, 0) is 19.3 Å². The molecule has 0 rings (SSSR count). The minimum absolute atomic E-state index is 0.252. The van der Waals surface area contributed by atoms with Gasteiger partial charge in [0.15, 0.2) is 6.29 Å². The van der Waals surface area contributed by atoms with Crippen LogP contribution in [0.5, 0.6) is 0 Å². The maximum Gasteiger partial charge on any atom is 0.471 e. The molecule has 0 spiro atoms. The number of unbranched alkanes of at least 4 members (excludes halogenated alkanes) is 8. The molecule has 0 fully saturated rings. The smallest absolute Gasteiger partial charge is 0.396 e. The molecule has 19 heavy (non-hydrogen) atoms. The predicted molar refractivity (Wildman–Crippen MR) is 72.4 cm³/mol. The fourth-order valence-corrected chi connectivity index (χ4v) is 2.30. The molecule has 4 N–H and O–H groups in total. The van der Waals surface area contributed by atoms with Crippen LogP contribution in [0, 0.1) is 0 Å². The van der Waals surface area contributed by atoms with Crippen LogP contribution in [0.1, 0.15) is 64.2 Å². The highest BCUT2D eigenvalue weighted by Crippen LogP contribution is 2.37. The summed E-state index contributed by atoms with van der Waals surface area (Å²) in [4.78, 5) is 16.9. The fourth-order valence-electron chi connectivity index (χ4n) is 1.88. The van der Waals surface area contributed by atoms with Crippen molar-refractivity contribution in [2.45, 2.75) is 70.5 Å². The van der Waals surface area contributed by atoms with Crippen molar-refractivity contribution in [1.82, 2.24) is 0 Å². The largest absolute Gasteiger partial charge is 0.471 e. The second kappa shape index (κ2) is 11.8. The Balaban J connectivity index is 3.20. The van der Waals surface area contributed by atoms with Gasteiger partial charge in [0.2, 0.25) is 0 Å². The van der Waals surface area contributed by atoms with Crippen molar-refractivity contribution >= 4 is 7.82 Å². The number of hydrogen-bond donors (Lipinski definition) is 4. The molecule has 1 unspecified atom stereocenters. The Labute approximate surface area is 115 Å². The van der Waals surface area contributed by atoms with Crippen LogP contribution >= 0.6 is 7.82 Å². The molecule has 7 heteroatoms. The summed E-state index contributed by atoms with van der Waals surface area (Å²) in [6, 6.07) is 0. The highest BCUT2D eigenvalue weighted by Gasteiger charge is 2.19. The quantitative estimate of drug-likeness (QED) is 0.236. The monoisotopic (exact) mass is 298 g/mol. The lowest BCUT2D eigenvalue weighted by molar-refractivity contribution is -0.0426. The van der Waals surface area contributed by atoms with E-state index in [1.807, 2.05) is 0 Å². The zero-order valence-corrected chi connectivity index (χ0v) is 12.3. The van der Waals surface area contributed by atoms with Crippen LogP contribution in [0.4, 0.5) is 0 Å². The SMILES string of the molecule is O=P(O)(O)OC(O)CCCCCCCCCCCO. The second-order valence-corrected chi connectivity index (χ2v) is 5.94. The van der Waals surface area contributed by atoms with E-state index in [0.29, 0.717) is 6.42 Å². The number of rotatable bonds is 13. The van der Waals surface area contributed by atoms with E-state index < -0.39 is 14.1 Å². The number of aliphatic hydroxyl groups is 2. The molecular formula is C12H27O6P. The fraction of sp³-hybridized carbons (Fsp3) is 1.00. The second-order valence-electron chi connectivity index (χ2n) is 4.74. The standard InChI is InChI=1S/C12H27O6P/c13-11-9-7-5-3-1-2-4-6-8-10-12(14)18-19(15,16)17/h12-14H,1-11H2,(H2,15,16,17). The van der Waals surface area contributed by atoms with Crippen molar-refractivity contribution < 1.29 is 29.1 Å². The summed E-state index contributed by atoms with van der Waals surface area (Å²) < 4.78 is 14.5. The van der Waals surface area contributed by atoms with E-state index in [1.54, 1.807) is 0 Å². The Morgan fingerprint density at radius 2 is 1.26 bits per heavy atom. The molecule has 0 bridgehead atoms. The van der Waals surface area contributed by atoms with Crippen LogP contribution in [0.25, 0.3) is 0 Å². The minimum atomic E-state index is -4.57. The van der Waals surface area contributed by atoms with E-state index in [-0.39, 0.29) is 13.0 Å². The van der Waals surface area contributed by atoms with Crippen LogP contribution < -0.4 is 0 Å². The number of aliphatic hydroxyl groups excluding tert-OH is 2. The van der Waals surface area contributed by atoms with Gasteiger partial charge in [0.1, 0.15) is 0 Å². The number of phosphoric acid groups is 1. The van der Waals surface area contributed by atoms with Crippen LogP contribution in [-0.4, -0.2) is 32.9 Å². The Kier molecular flexibility index (Phi) is 11.8. The number of phosphoric ester groups is 1. The van der Waals surface area contributed by atoms with E-state index in [9.17, 15) is 9.67 Å². The Morgan fingerprint density at radius 3 is 1.68 bits per heavy atom. The first kappa shape index (κ1) is 19.0. The highest BCUT2D eigenvalue weighted by atomic mass is 31.2. The first-order valence-corrected chi connectivity index (χ1v) is 8.51. The molecule has 0 aliphatic heterocycles. The maximum atomic E-state index is 10.4. The molecule has 116 valence electrons. The predicted octanol–water partition coefficient (Wildman–Crippen LogP) is 2.31. The van der Waals surface area contributed by atoms with Crippen molar-refractivity contribution in [3.05, 3.63) is 0 Å². The van der Waals surface area contributed by atoms with Crippen molar-refractivity contribution in [2.24, 2.45) is 0 Å². The third-order valence-corrected chi connectivity index (χ3v) is 3.39. The zero-order valence-electron chi connectivity index (χ0n) is 11.4. The van der Waals surface area contributed by atoms with Crippen molar-refractivity contribution in [3.63, 3.8) is 0 Å². The van der Waals surface area contributed by atoms with E-state index in [1.165, 1.54) is 12.8 Å². The van der Waals surface area contributed by atoms with Crippen LogP contribution in [0.2, 0.25) is 0 Å². The molecule has 0 saturated heterocycles. The Bertz CT molecular complexity index is 242. The molecule has 0 heterocycles. The van der Waals surface area contributed by atoms with Gasteiger partial charge in [-0.2, -0.15) is 0 Å². The first-order chi connectivity index (χ1) is 8.95. The molecule has 0 amide bonds. The third kappa shape index (κ3) is 16.0. The molecule has 0 aromatic carbocycles. The van der Waals surface area contributed by atoms with Crippen molar-refractivity contribution in [2.75, 3.05) is 6.61 Å². The molecule has 0 aromatic heterocycles. The van der Waals surface area contributed by atoms with Gasteiger partial charge in [-0.1, -0.05) is 44.9 Å². The average molecular weight is 298 g/mol. The van der Waals surface area contributed by atoms with Crippen molar-refractivity contribution in [3.8, 4) is 0 Å². The van der Waals surface area contributed by atoms with Gasteiger partial charge in [0.25, 0.3) is 0 Å². The molecule has 1 atom stereocenters. The summed E-state index contributed by atoms with van der Waals surface area (Å²) in [6.45, 7) is 0.277. The molecule has 0 aromatic rings. The van der Waals surface area contributed by atoms with E-state index in [4.69, 9.17) is 14.9 Å². The van der Waals surface area contributed by atoms with Gasteiger partial charge in [-0.15, -0.1) is 0 Å². The summed E-state index contributed by atoms with van der Waals surface area (Å²) >= 11 is 0. The summed E-state index contributed by atoms with van der Waals surface area (Å²) in [7, 11) is -4.57. The topological polar surface area (TPSA) is 107 Å². The lowest BCUT2D eigenvalue weighted by Gasteiger charge is -2.11. The molecule has 0 radical (unpaired) electrons. The number of hydrogen-bond acceptors (Lipinski definition) is 4. The Hall–Kier alpha value is 0.0300. The van der Waals surface area contributed by atoms with Gasteiger partial charge >= 0.3 is 7.82 Å². The molecular weight excluding hydrogens is 271 g/mol. The van der Waals surface area contributed by atoms with Gasteiger partial charge in [0.05, 0.1) is 0 Å². The highest BCUT2D eigenvalue weighted by molar-refractivity contribution is 7.46. The Morgan fingerprint density at radius 1 is 0.842 bits per heavy atom. The molecule has 0 aliphatic rings. The summed E-state index contributed by atoms with van der Waals surface area (Å²) in [5.74, 6) is 0. The van der Waals surface area contributed by atoms with Gasteiger partial charge in [-0.3, -0.25) is 4.52 Å². The summed E-state index contributed by atoms with van der Waals surface area (Å²) in [6.07, 6.45) is 8.19. The normalized spacial score (nSPS) is 13.7. The van der Waals surface area contributed by atoms with E-state index >= 15 is 0 Å². The average Bonchev–Trinajstić information content (AvgIpc) is 2.29. The van der Waals surface area contributed by atoms with E-state index in [2.05, 4.69) is 4.52 Å².